The number of carbonyl (C=O) groups is 1. The van der Waals surface area contributed by atoms with Crippen LogP contribution >= 0.6 is 0 Å². The van der Waals surface area contributed by atoms with Crippen molar-refractivity contribution >= 4 is 5.97 Å². The molecule has 0 saturated carbocycles. The lowest BCUT2D eigenvalue weighted by Crippen LogP contribution is -2.31. The van der Waals surface area contributed by atoms with Crippen molar-refractivity contribution in [2.24, 2.45) is 5.41 Å². The fraction of sp³-hybridized carbons (Fsp3) is 0.538. The summed E-state index contributed by atoms with van der Waals surface area (Å²) in [6.07, 6.45) is 4.07. The Hall–Kier alpha value is -1.42. The van der Waals surface area contributed by atoms with Crippen LogP contribution in [0.15, 0.2) is 24.5 Å². The molecule has 1 atom stereocenters. The predicted octanol–water partition coefficient (Wildman–Crippen LogP) is 2.19. The number of aliphatic carboxylic acids is 1. The molecule has 0 bridgehead atoms. The van der Waals surface area contributed by atoms with E-state index in [2.05, 4.69) is 4.98 Å². The minimum absolute atomic E-state index is 0.0646. The highest BCUT2D eigenvalue weighted by Gasteiger charge is 2.32. The summed E-state index contributed by atoms with van der Waals surface area (Å²) in [7, 11) is 3.91. The van der Waals surface area contributed by atoms with Crippen molar-refractivity contribution in [1.82, 2.24) is 9.88 Å². The normalized spacial score (nSPS) is 13.7. The molecule has 0 amide bonds. The summed E-state index contributed by atoms with van der Waals surface area (Å²) in [5.41, 5.74) is 0.303. The molecule has 1 aromatic rings. The maximum absolute atomic E-state index is 11.2. The topological polar surface area (TPSA) is 53.4 Å². The van der Waals surface area contributed by atoms with Crippen LogP contribution in [0.5, 0.6) is 0 Å². The van der Waals surface area contributed by atoms with Crippen LogP contribution in [-0.2, 0) is 4.79 Å². The van der Waals surface area contributed by atoms with Crippen molar-refractivity contribution < 1.29 is 9.90 Å². The van der Waals surface area contributed by atoms with Gasteiger partial charge in [-0.1, -0.05) is 6.07 Å². The lowest BCUT2D eigenvalue weighted by Gasteiger charge is -2.30. The van der Waals surface area contributed by atoms with Gasteiger partial charge in [0, 0.05) is 18.4 Å². The van der Waals surface area contributed by atoms with Crippen molar-refractivity contribution in [3.05, 3.63) is 30.1 Å². The van der Waals surface area contributed by atoms with Crippen LogP contribution in [0, 0.1) is 5.41 Å². The second-order valence-corrected chi connectivity index (χ2v) is 5.16. The number of rotatable bonds is 5. The Kier molecular flexibility index (Phi) is 4.23. The Morgan fingerprint density at radius 3 is 2.59 bits per heavy atom. The zero-order valence-electron chi connectivity index (χ0n) is 10.8. The Morgan fingerprint density at radius 2 is 2.18 bits per heavy atom. The highest BCUT2D eigenvalue weighted by molar-refractivity contribution is 5.73. The van der Waals surface area contributed by atoms with Crippen LogP contribution in [0.25, 0.3) is 0 Å². The predicted molar refractivity (Wildman–Crippen MR) is 66.7 cm³/mol. The molecule has 1 heterocycles. The van der Waals surface area contributed by atoms with E-state index in [4.69, 9.17) is 0 Å². The molecule has 4 heteroatoms. The van der Waals surface area contributed by atoms with Gasteiger partial charge >= 0.3 is 5.97 Å². The average Bonchev–Trinajstić information content (AvgIpc) is 2.26. The van der Waals surface area contributed by atoms with Gasteiger partial charge in [0.2, 0.25) is 0 Å². The van der Waals surface area contributed by atoms with Gasteiger partial charge in [-0.05, 0) is 46.0 Å². The van der Waals surface area contributed by atoms with Crippen LogP contribution in [0.4, 0.5) is 0 Å². The third kappa shape index (κ3) is 3.53. The smallest absolute Gasteiger partial charge is 0.309 e. The van der Waals surface area contributed by atoms with Gasteiger partial charge in [0.25, 0.3) is 0 Å². The first-order valence-electron chi connectivity index (χ1n) is 5.64. The molecular formula is C13H20N2O2. The number of carboxylic acids is 1. The first-order chi connectivity index (χ1) is 7.84. The molecular weight excluding hydrogens is 216 g/mol. The number of aromatic nitrogens is 1. The number of hydrogen-bond donors (Lipinski definition) is 1. The monoisotopic (exact) mass is 236 g/mol. The lowest BCUT2D eigenvalue weighted by molar-refractivity contribution is -0.148. The van der Waals surface area contributed by atoms with E-state index in [-0.39, 0.29) is 6.04 Å². The van der Waals surface area contributed by atoms with Crippen molar-refractivity contribution in [2.45, 2.75) is 26.3 Å². The van der Waals surface area contributed by atoms with E-state index in [1.807, 2.05) is 31.1 Å². The Bertz CT molecular complexity index is 374. The zero-order chi connectivity index (χ0) is 13.1. The van der Waals surface area contributed by atoms with E-state index < -0.39 is 11.4 Å². The quantitative estimate of drug-likeness (QED) is 0.851. The van der Waals surface area contributed by atoms with Gasteiger partial charge < -0.3 is 10.0 Å². The van der Waals surface area contributed by atoms with Crippen LogP contribution < -0.4 is 0 Å². The number of hydrogen-bond acceptors (Lipinski definition) is 3. The Balaban J connectivity index is 2.93. The first-order valence-corrected chi connectivity index (χ1v) is 5.64. The number of pyridine rings is 1. The van der Waals surface area contributed by atoms with E-state index in [1.165, 1.54) is 0 Å². The second-order valence-electron chi connectivity index (χ2n) is 5.16. The van der Waals surface area contributed by atoms with E-state index in [0.717, 1.165) is 5.56 Å². The van der Waals surface area contributed by atoms with Crippen LogP contribution in [0.1, 0.15) is 31.9 Å². The van der Waals surface area contributed by atoms with Crippen LogP contribution in [0.2, 0.25) is 0 Å². The summed E-state index contributed by atoms with van der Waals surface area (Å²) in [5, 5.41) is 9.18. The maximum atomic E-state index is 11.2. The Morgan fingerprint density at radius 1 is 1.53 bits per heavy atom. The van der Waals surface area contributed by atoms with Crippen molar-refractivity contribution in [3.8, 4) is 0 Å². The molecule has 0 aliphatic carbocycles. The molecule has 0 aromatic carbocycles. The van der Waals surface area contributed by atoms with Gasteiger partial charge in [0.05, 0.1) is 5.41 Å². The molecule has 0 saturated heterocycles. The summed E-state index contributed by atoms with van der Waals surface area (Å²) in [6, 6.07) is 3.92. The van der Waals surface area contributed by atoms with Crippen LogP contribution in [0.3, 0.4) is 0 Å². The SMILES string of the molecule is CN(C)C(CC(C)(C)C(=O)O)c1cccnc1. The molecule has 1 aromatic heterocycles. The molecule has 0 radical (unpaired) electrons. The molecule has 1 rings (SSSR count). The van der Waals surface area contributed by atoms with E-state index in [1.54, 1.807) is 26.2 Å². The Labute approximate surface area is 102 Å². The van der Waals surface area contributed by atoms with Crippen molar-refractivity contribution in [1.29, 1.82) is 0 Å². The van der Waals surface area contributed by atoms with Gasteiger partial charge in [0.1, 0.15) is 0 Å². The first kappa shape index (κ1) is 13.6. The second kappa shape index (κ2) is 5.27. The summed E-state index contributed by atoms with van der Waals surface area (Å²) in [4.78, 5) is 17.3. The molecule has 1 N–H and O–H groups in total. The number of nitrogens with zero attached hydrogens (tertiary/aromatic N) is 2. The fourth-order valence-electron chi connectivity index (χ4n) is 1.74. The largest absolute Gasteiger partial charge is 0.481 e. The highest BCUT2D eigenvalue weighted by Crippen LogP contribution is 2.32. The molecule has 4 nitrogen and oxygen atoms in total. The third-order valence-electron chi connectivity index (χ3n) is 2.98. The molecule has 0 aliphatic rings. The standard InChI is InChI=1S/C13H20N2O2/c1-13(2,12(16)17)8-11(15(3)4)10-6-5-7-14-9-10/h5-7,9,11H,8H2,1-4H3,(H,16,17). The zero-order valence-corrected chi connectivity index (χ0v) is 10.8. The van der Waals surface area contributed by atoms with Gasteiger partial charge in [-0.3, -0.25) is 9.78 Å². The summed E-state index contributed by atoms with van der Waals surface area (Å²) in [6.45, 7) is 3.50. The minimum atomic E-state index is -0.770. The van der Waals surface area contributed by atoms with Gasteiger partial charge in [0.15, 0.2) is 0 Å². The maximum Gasteiger partial charge on any atom is 0.309 e. The van der Waals surface area contributed by atoms with Crippen molar-refractivity contribution in [3.63, 3.8) is 0 Å². The molecule has 1 unspecified atom stereocenters. The van der Waals surface area contributed by atoms with Crippen molar-refractivity contribution in [2.75, 3.05) is 14.1 Å². The fourth-order valence-corrected chi connectivity index (χ4v) is 1.74. The molecule has 0 fully saturated rings. The summed E-state index contributed by atoms with van der Waals surface area (Å²) in [5.74, 6) is -0.770. The van der Waals surface area contributed by atoms with Gasteiger partial charge in [-0.25, -0.2) is 0 Å². The molecule has 94 valence electrons. The third-order valence-corrected chi connectivity index (χ3v) is 2.98. The molecule has 17 heavy (non-hydrogen) atoms. The summed E-state index contributed by atoms with van der Waals surface area (Å²) >= 11 is 0. The molecule has 0 spiro atoms. The molecule has 0 aliphatic heterocycles. The van der Waals surface area contributed by atoms with Gasteiger partial charge in [-0.15, -0.1) is 0 Å². The average molecular weight is 236 g/mol. The van der Waals surface area contributed by atoms with Gasteiger partial charge in [-0.2, -0.15) is 0 Å². The van der Waals surface area contributed by atoms with E-state index in [9.17, 15) is 9.90 Å². The number of carboxylic acid groups (broad SMARTS) is 1. The minimum Gasteiger partial charge on any atom is -0.481 e. The lowest BCUT2D eigenvalue weighted by atomic mass is 9.83. The van der Waals surface area contributed by atoms with E-state index in [0.29, 0.717) is 6.42 Å². The van der Waals surface area contributed by atoms with E-state index >= 15 is 0 Å². The summed E-state index contributed by atoms with van der Waals surface area (Å²) < 4.78 is 0. The van der Waals surface area contributed by atoms with Crippen LogP contribution in [-0.4, -0.2) is 35.1 Å². The highest BCUT2D eigenvalue weighted by atomic mass is 16.4.